The quantitative estimate of drug-likeness (QED) is 0.714. The smallest absolute Gasteiger partial charge is 0.274 e. The molecule has 0 unspecified atom stereocenters. The molecule has 1 fully saturated rings. The van der Waals surface area contributed by atoms with Crippen LogP contribution in [0.3, 0.4) is 0 Å². The van der Waals surface area contributed by atoms with Crippen molar-refractivity contribution in [3.05, 3.63) is 78.6 Å². The molecule has 1 aliphatic rings. The Morgan fingerprint density at radius 2 is 1.44 bits per heavy atom. The molecule has 0 aliphatic carbocycles. The van der Waals surface area contributed by atoms with Gasteiger partial charge in [0.25, 0.3) is 11.8 Å². The molecule has 1 aromatic carbocycles. The van der Waals surface area contributed by atoms with Gasteiger partial charge in [0, 0.05) is 62.2 Å². The van der Waals surface area contributed by atoms with Crippen molar-refractivity contribution in [2.75, 3.05) is 26.2 Å². The summed E-state index contributed by atoms with van der Waals surface area (Å²) in [6.07, 6.45) is 8.43. The lowest BCUT2D eigenvalue weighted by Crippen LogP contribution is -2.50. The van der Waals surface area contributed by atoms with Crippen LogP contribution in [0.25, 0.3) is 5.69 Å². The van der Waals surface area contributed by atoms with Crippen LogP contribution in [0, 0.1) is 0 Å². The van der Waals surface area contributed by atoms with Crippen LogP contribution in [0.5, 0.6) is 0 Å². The first kappa shape index (κ1) is 17.0. The zero-order valence-corrected chi connectivity index (χ0v) is 14.7. The maximum Gasteiger partial charge on any atom is 0.274 e. The second-order valence-electron chi connectivity index (χ2n) is 6.31. The third-order valence-electron chi connectivity index (χ3n) is 4.65. The number of nitrogens with zero attached hydrogens (tertiary/aromatic N) is 5. The topological polar surface area (TPSA) is 71.3 Å². The molecule has 1 saturated heterocycles. The van der Waals surface area contributed by atoms with Crippen LogP contribution in [0.1, 0.15) is 20.8 Å². The van der Waals surface area contributed by atoms with Crippen molar-refractivity contribution in [2.24, 2.45) is 0 Å². The van der Waals surface area contributed by atoms with E-state index in [1.807, 2.05) is 53.4 Å². The van der Waals surface area contributed by atoms with Crippen molar-refractivity contribution in [3.8, 4) is 5.69 Å². The first-order chi connectivity index (χ1) is 13.2. The summed E-state index contributed by atoms with van der Waals surface area (Å²) in [6.45, 7) is 1.99. The van der Waals surface area contributed by atoms with Crippen LogP contribution in [0.4, 0.5) is 0 Å². The molecule has 27 heavy (non-hydrogen) atoms. The predicted octanol–water partition coefficient (Wildman–Crippen LogP) is 1.87. The number of rotatable bonds is 3. The Labute approximate surface area is 156 Å². The fraction of sp³-hybridized carbons (Fsp3) is 0.200. The largest absolute Gasteiger partial charge is 0.335 e. The van der Waals surface area contributed by atoms with Gasteiger partial charge >= 0.3 is 0 Å². The highest BCUT2D eigenvalue weighted by atomic mass is 16.2. The Morgan fingerprint density at radius 3 is 2.04 bits per heavy atom. The summed E-state index contributed by atoms with van der Waals surface area (Å²) in [5.41, 5.74) is 1.99. The number of carbonyl (C=O) groups excluding carboxylic acids is 2. The molecule has 2 aromatic heterocycles. The van der Waals surface area contributed by atoms with E-state index in [-0.39, 0.29) is 11.8 Å². The van der Waals surface area contributed by atoms with Gasteiger partial charge in [-0.3, -0.25) is 14.6 Å². The lowest BCUT2D eigenvalue weighted by molar-refractivity contribution is 0.0532. The maximum absolute atomic E-state index is 12.7. The molecule has 7 nitrogen and oxygen atoms in total. The Balaban J connectivity index is 1.38. The van der Waals surface area contributed by atoms with E-state index in [9.17, 15) is 9.59 Å². The summed E-state index contributed by atoms with van der Waals surface area (Å²) in [6, 6.07) is 11.5. The Morgan fingerprint density at radius 1 is 0.815 bits per heavy atom. The van der Waals surface area contributed by atoms with E-state index >= 15 is 0 Å². The molecule has 2 amide bonds. The molecule has 0 saturated carbocycles. The number of hydrogen-bond donors (Lipinski definition) is 0. The third-order valence-corrected chi connectivity index (χ3v) is 4.65. The van der Waals surface area contributed by atoms with Gasteiger partial charge in [-0.15, -0.1) is 0 Å². The average Bonchev–Trinajstić information content (AvgIpc) is 3.28. The summed E-state index contributed by atoms with van der Waals surface area (Å²) in [4.78, 5) is 36.6. The summed E-state index contributed by atoms with van der Waals surface area (Å²) in [5, 5.41) is 0. The molecule has 0 N–H and O–H groups in total. The molecular weight excluding hydrogens is 342 g/mol. The van der Waals surface area contributed by atoms with Crippen LogP contribution < -0.4 is 0 Å². The number of amides is 2. The van der Waals surface area contributed by atoms with Gasteiger partial charge in [-0.2, -0.15) is 0 Å². The van der Waals surface area contributed by atoms with Crippen LogP contribution >= 0.6 is 0 Å². The molecule has 7 heteroatoms. The van der Waals surface area contributed by atoms with Gasteiger partial charge in [0.1, 0.15) is 5.69 Å². The number of aromatic nitrogens is 3. The Bertz CT molecular complexity index is 915. The molecule has 1 aliphatic heterocycles. The van der Waals surface area contributed by atoms with E-state index in [0.717, 1.165) is 5.69 Å². The van der Waals surface area contributed by atoms with E-state index in [2.05, 4.69) is 9.97 Å². The highest BCUT2D eigenvalue weighted by molar-refractivity contribution is 5.95. The first-order valence-corrected chi connectivity index (χ1v) is 8.80. The molecule has 0 atom stereocenters. The normalized spacial score (nSPS) is 14.2. The van der Waals surface area contributed by atoms with Gasteiger partial charge in [-0.25, -0.2) is 4.98 Å². The van der Waals surface area contributed by atoms with Crippen LogP contribution in [-0.2, 0) is 0 Å². The van der Waals surface area contributed by atoms with Crippen molar-refractivity contribution < 1.29 is 9.59 Å². The summed E-state index contributed by atoms with van der Waals surface area (Å²) in [5.74, 6) is -0.160. The molecule has 4 rings (SSSR count). The fourth-order valence-corrected chi connectivity index (χ4v) is 3.15. The minimum absolute atomic E-state index is 0.0133. The molecule has 0 bridgehead atoms. The predicted molar refractivity (Wildman–Crippen MR) is 99.6 cm³/mol. The highest BCUT2D eigenvalue weighted by Crippen LogP contribution is 2.14. The van der Waals surface area contributed by atoms with Gasteiger partial charge < -0.3 is 14.4 Å². The van der Waals surface area contributed by atoms with Gasteiger partial charge in [-0.05, 0) is 36.4 Å². The second kappa shape index (κ2) is 7.41. The van der Waals surface area contributed by atoms with E-state index in [1.54, 1.807) is 9.80 Å². The van der Waals surface area contributed by atoms with Gasteiger partial charge in [0.05, 0.1) is 6.20 Å². The Hall–Kier alpha value is -3.48. The van der Waals surface area contributed by atoms with E-state index in [1.165, 1.54) is 18.6 Å². The lowest BCUT2D eigenvalue weighted by atomic mass is 10.1. The monoisotopic (exact) mass is 361 g/mol. The fourth-order valence-electron chi connectivity index (χ4n) is 3.15. The molecular formula is C20H19N5O2. The first-order valence-electron chi connectivity index (χ1n) is 8.80. The summed E-state index contributed by atoms with van der Waals surface area (Å²) in [7, 11) is 0. The number of hydrogen-bond acceptors (Lipinski definition) is 4. The van der Waals surface area contributed by atoms with Gasteiger partial charge in [0.2, 0.25) is 0 Å². The molecule has 0 radical (unpaired) electrons. The summed E-state index contributed by atoms with van der Waals surface area (Å²) >= 11 is 0. The van der Waals surface area contributed by atoms with Crippen LogP contribution in [0.2, 0.25) is 0 Å². The standard InChI is InChI=1S/C20H19N5O2/c26-19(16-3-5-17(6-4-16)23-9-1-2-10-23)24-11-13-25(14-12-24)20(27)18-15-21-7-8-22-18/h1-10,15H,11-14H2. The molecule has 3 heterocycles. The average molecular weight is 361 g/mol. The van der Waals surface area contributed by atoms with Crippen molar-refractivity contribution in [1.29, 1.82) is 0 Å². The number of piperazine rings is 1. The van der Waals surface area contributed by atoms with E-state index in [4.69, 9.17) is 0 Å². The summed E-state index contributed by atoms with van der Waals surface area (Å²) < 4.78 is 1.99. The number of carbonyl (C=O) groups is 2. The minimum atomic E-state index is -0.147. The van der Waals surface area contributed by atoms with Crippen molar-refractivity contribution in [1.82, 2.24) is 24.3 Å². The number of benzene rings is 1. The third kappa shape index (κ3) is 3.57. The molecule has 136 valence electrons. The van der Waals surface area contributed by atoms with E-state index in [0.29, 0.717) is 37.4 Å². The maximum atomic E-state index is 12.7. The minimum Gasteiger partial charge on any atom is -0.335 e. The molecule has 3 aromatic rings. The van der Waals surface area contributed by atoms with Crippen LogP contribution in [0.15, 0.2) is 67.4 Å². The lowest BCUT2D eigenvalue weighted by Gasteiger charge is -2.34. The molecule has 0 spiro atoms. The zero-order chi connectivity index (χ0) is 18.6. The van der Waals surface area contributed by atoms with E-state index < -0.39 is 0 Å². The van der Waals surface area contributed by atoms with Crippen LogP contribution in [-0.4, -0.2) is 62.3 Å². The zero-order valence-electron chi connectivity index (χ0n) is 14.7. The SMILES string of the molecule is O=C(c1ccc(-n2cccc2)cc1)N1CCN(C(=O)c2cnccn2)CC1. The second-order valence-corrected chi connectivity index (χ2v) is 6.31. The highest BCUT2D eigenvalue weighted by Gasteiger charge is 2.26. The Kier molecular flexibility index (Phi) is 4.65. The van der Waals surface area contributed by atoms with Crippen molar-refractivity contribution in [2.45, 2.75) is 0 Å². The van der Waals surface area contributed by atoms with Crippen molar-refractivity contribution >= 4 is 11.8 Å². The van der Waals surface area contributed by atoms with Gasteiger partial charge in [0.15, 0.2) is 0 Å². The van der Waals surface area contributed by atoms with Crippen molar-refractivity contribution in [3.63, 3.8) is 0 Å². The van der Waals surface area contributed by atoms with Gasteiger partial charge in [-0.1, -0.05) is 0 Å².